The lowest BCUT2D eigenvalue weighted by atomic mass is 10.1. The Hall–Kier alpha value is -0.650. The average Bonchev–Trinajstić information content (AvgIpc) is 2.58. The van der Waals surface area contributed by atoms with Crippen LogP contribution in [0.15, 0.2) is 0 Å². The number of nitrogens with one attached hydrogen (secondary N) is 1. The van der Waals surface area contributed by atoms with Crippen molar-refractivity contribution in [3.05, 3.63) is 5.21 Å². The number of amides is 1. The minimum Gasteiger partial charge on any atom is -0.633 e. The van der Waals surface area contributed by atoms with Gasteiger partial charge >= 0.3 is 0 Å². The molecule has 0 radical (unpaired) electrons. The van der Waals surface area contributed by atoms with Crippen LogP contribution in [-0.4, -0.2) is 47.9 Å². The maximum Gasteiger partial charge on any atom is 0.220 e. The number of hydrogen-bond donors (Lipinski definition) is 2. The molecule has 0 fully saturated rings. The van der Waals surface area contributed by atoms with Gasteiger partial charge in [-0.3, -0.25) is 4.79 Å². The number of hydrogen-bond acceptors (Lipinski definition) is 3. The summed E-state index contributed by atoms with van der Waals surface area (Å²) < 4.78 is -0.407. The van der Waals surface area contributed by atoms with Crippen molar-refractivity contribution in [2.75, 3.05) is 26.2 Å². The Balaban J connectivity index is 3.56. The molecule has 1 atom stereocenters. The predicted octanol–water partition coefficient (Wildman–Crippen LogP) is 3.74. The quantitative estimate of drug-likeness (QED) is 0.254. The van der Waals surface area contributed by atoms with Gasteiger partial charge in [-0.15, -0.1) is 0 Å². The second-order valence-electron chi connectivity index (χ2n) is 6.91. The number of carbonyl (C=O) groups excluding carboxylic acids is 1. The largest absolute Gasteiger partial charge is 0.633 e. The van der Waals surface area contributed by atoms with E-state index in [0.29, 0.717) is 19.5 Å². The van der Waals surface area contributed by atoms with Crippen molar-refractivity contribution in [2.45, 2.75) is 91.1 Å². The SMILES string of the molecule is CCCCCCCCCCCC(=O)NC[C@@H](O)C[N+]([O-])(CC)CC. The predicted molar refractivity (Wildman–Crippen MR) is 100 cm³/mol. The molecule has 2 N–H and O–H groups in total. The molecule has 0 rings (SSSR count). The summed E-state index contributed by atoms with van der Waals surface area (Å²) in [5, 5.41) is 24.8. The highest BCUT2D eigenvalue weighted by atomic mass is 16.5. The smallest absolute Gasteiger partial charge is 0.220 e. The Bertz CT molecular complexity index is 307. The molecule has 24 heavy (non-hydrogen) atoms. The lowest BCUT2D eigenvalue weighted by Gasteiger charge is -2.42. The summed E-state index contributed by atoms with van der Waals surface area (Å²) in [4.78, 5) is 11.8. The molecule has 0 aromatic heterocycles. The number of aliphatic hydroxyl groups excluding tert-OH is 1. The Kier molecular flexibility index (Phi) is 14.3. The zero-order valence-corrected chi connectivity index (χ0v) is 16.2. The minimum absolute atomic E-state index is 0.0195. The molecule has 1 amide bonds. The van der Waals surface area contributed by atoms with E-state index >= 15 is 0 Å². The number of aliphatic hydroxyl groups is 1. The van der Waals surface area contributed by atoms with Gasteiger partial charge in [0.2, 0.25) is 5.91 Å². The highest BCUT2D eigenvalue weighted by Crippen LogP contribution is 2.10. The molecule has 5 heteroatoms. The highest BCUT2D eigenvalue weighted by Gasteiger charge is 2.18. The number of quaternary nitrogens is 1. The summed E-state index contributed by atoms with van der Waals surface area (Å²) >= 11 is 0. The van der Waals surface area contributed by atoms with E-state index in [1.54, 1.807) is 0 Å². The first-order chi connectivity index (χ1) is 11.5. The maximum absolute atomic E-state index is 12.1. The van der Waals surface area contributed by atoms with E-state index in [4.69, 9.17) is 0 Å². The van der Waals surface area contributed by atoms with Crippen LogP contribution in [-0.2, 0) is 4.79 Å². The molecule has 0 spiro atoms. The molecule has 0 aliphatic carbocycles. The van der Waals surface area contributed by atoms with Crippen LogP contribution in [0, 0.1) is 5.21 Å². The maximum atomic E-state index is 12.1. The Labute approximate surface area is 149 Å². The molecule has 5 nitrogen and oxygen atoms in total. The van der Waals surface area contributed by atoms with Gasteiger partial charge in [0, 0.05) is 13.0 Å². The zero-order valence-electron chi connectivity index (χ0n) is 16.2. The van der Waals surface area contributed by atoms with E-state index in [-0.39, 0.29) is 19.0 Å². The van der Waals surface area contributed by atoms with Crippen molar-refractivity contribution in [1.82, 2.24) is 5.32 Å². The summed E-state index contributed by atoms with van der Waals surface area (Å²) in [6.45, 7) is 7.09. The molecule has 0 aliphatic heterocycles. The van der Waals surface area contributed by atoms with E-state index in [1.807, 2.05) is 13.8 Å². The molecule has 0 bridgehead atoms. The highest BCUT2D eigenvalue weighted by molar-refractivity contribution is 5.75. The number of carbonyl (C=O) groups is 1. The summed E-state index contributed by atoms with van der Waals surface area (Å²) in [6.07, 6.45) is 10.8. The van der Waals surface area contributed by atoms with Gasteiger partial charge in [-0.1, -0.05) is 58.3 Å². The molecule has 0 aromatic rings. The molecular formula is C19H40N2O3. The number of unbranched alkanes of at least 4 members (excludes halogenated alkanes) is 8. The fourth-order valence-corrected chi connectivity index (χ4v) is 2.85. The van der Waals surface area contributed by atoms with Crippen LogP contribution in [0.4, 0.5) is 0 Å². The topological polar surface area (TPSA) is 72.4 Å². The summed E-state index contributed by atoms with van der Waals surface area (Å²) in [6, 6.07) is 0. The van der Waals surface area contributed by atoms with Gasteiger partial charge in [-0.05, 0) is 20.3 Å². The number of nitrogens with zero attached hydrogens (tertiary/aromatic N) is 1. The number of rotatable bonds is 16. The van der Waals surface area contributed by atoms with Crippen molar-refractivity contribution in [3.8, 4) is 0 Å². The third kappa shape index (κ3) is 12.7. The van der Waals surface area contributed by atoms with Crippen molar-refractivity contribution < 1.29 is 14.5 Å². The molecule has 0 saturated carbocycles. The van der Waals surface area contributed by atoms with Crippen molar-refractivity contribution >= 4 is 5.91 Å². The van der Waals surface area contributed by atoms with Crippen LogP contribution in [0.25, 0.3) is 0 Å². The van der Waals surface area contributed by atoms with Gasteiger partial charge in [0.05, 0.1) is 13.1 Å². The Morgan fingerprint density at radius 2 is 1.46 bits per heavy atom. The Morgan fingerprint density at radius 3 is 1.96 bits per heavy atom. The van der Waals surface area contributed by atoms with E-state index in [2.05, 4.69) is 12.2 Å². The lowest BCUT2D eigenvalue weighted by molar-refractivity contribution is -0.880. The van der Waals surface area contributed by atoms with Gasteiger partial charge in [0.15, 0.2) is 0 Å². The zero-order chi connectivity index (χ0) is 18.3. The van der Waals surface area contributed by atoms with Crippen LogP contribution in [0.3, 0.4) is 0 Å². The van der Waals surface area contributed by atoms with Gasteiger partial charge < -0.3 is 20.3 Å². The van der Waals surface area contributed by atoms with E-state index in [1.165, 1.54) is 44.9 Å². The van der Waals surface area contributed by atoms with Gasteiger partial charge in [-0.25, -0.2) is 0 Å². The first-order valence-electron chi connectivity index (χ1n) is 9.99. The molecule has 0 aromatic carbocycles. The van der Waals surface area contributed by atoms with E-state index in [0.717, 1.165) is 12.8 Å². The third-order valence-corrected chi connectivity index (χ3v) is 4.74. The summed E-state index contributed by atoms with van der Waals surface area (Å²) in [5.74, 6) is -0.0195. The van der Waals surface area contributed by atoms with Crippen LogP contribution in [0.1, 0.15) is 85.0 Å². The monoisotopic (exact) mass is 344 g/mol. The second kappa shape index (κ2) is 14.7. The van der Waals surface area contributed by atoms with Gasteiger partial charge in [-0.2, -0.15) is 0 Å². The molecule has 0 heterocycles. The van der Waals surface area contributed by atoms with Crippen LogP contribution in [0.5, 0.6) is 0 Å². The molecule has 0 saturated heterocycles. The van der Waals surface area contributed by atoms with Gasteiger partial charge in [0.1, 0.15) is 12.6 Å². The van der Waals surface area contributed by atoms with E-state index < -0.39 is 10.8 Å². The third-order valence-electron chi connectivity index (χ3n) is 4.74. The van der Waals surface area contributed by atoms with Gasteiger partial charge in [0.25, 0.3) is 0 Å². The van der Waals surface area contributed by atoms with Crippen LogP contribution in [0.2, 0.25) is 0 Å². The first kappa shape index (κ1) is 23.4. The fraction of sp³-hybridized carbons (Fsp3) is 0.947. The lowest BCUT2D eigenvalue weighted by Crippen LogP contribution is -2.49. The van der Waals surface area contributed by atoms with E-state index in [9.17, 15) is 15.1 Å². The molecular weight excluding hydrogens is 304 g/mol. The molecule has 144 valence electrons. The number of likely N-dealkylation sites (N-methyl/N-ethyl adjacent to an activating group) is 1. The van der Waals surface area contributed by atoms with Crippen molar-refractivity contribution in [2.24, 2.45) is 0 Å². The standard InChI is InChI=1S/C19H40N2O3/c1-4-7-8-9-10-11-12-13-14-15-19(23)20-16-18(22)17-21(24,5-2)6-3/h18,22H,4-17H2,1-3H3,(H,20,23)/t18-/m1/s1. The minimum atomic E-state index is -0.769. The average molecular weight is 345 g/mol. The summed E-state index contributed by atoms with van der Waals surface area (Å²) in [7, 11) is 0. The number of hydroxylamine groups is 3. The second-order valence-corrected chi connectivity index (χ2v) is 6.91. The van der Waals surface area contributed by atoms with Crippen molar-refractivity contribution in [1.29, 1.82) is 0 Å². The first-order valence-corrected chi connectivity index (χ1v) is 9.99. The normalized spacial score (nSPS) is 13.0. The van der Waals surface area contributed by atoms with Crippen LogP contribution < -0.4 is 5.32 Å². The van der Waals surface area contributed by atoms with Crippen LogP contribution >= 0.6 is 0 Å². The Morgan fingerprint density at radius 1 is 0.958 bits per heavy atom. The molecule has 0 unspecified atom stereocenters. The van der Waals surface area contributed by atoms with Crippen molar-refractivity contribution in [3.63, 3.8) is 0 Å². The fourth-order valence-electron chi connectivity index (χ4n) is 2.85. The summed E-state index contributed by atoms with van der Waals surface area (Å²) in [5.41, 5.74) is 0. The molecule has 0 aliphatic rings.